The summed E-state index contributed by atoms with van der Waals surface area (Å²) < 4.78 is 19.0. The van der Waals surface area contributed by atoms with Crippen molar-refractivity contribution in [2.75, 3.05) is 12.0 Å². The summed E-state index contributed by atoms with van der Waals surface area (Å²) >= 11 is 7.05. The molecule has 3 aromatic carbocycles. The molecule has 0 bridgehead atoms. The number of amides is 2. The highest BCUT2D eigenvalue weighted by molar-refractivity contribution is 8.18. The van der Waals surface area contributed by atoms with Crippen LogP contribution < -0.4 is 10.1 Å². The van der Waals surface area contributed by atoms with E-state index in [4.69, 9.17) is 16.3 Å². The van der Waals surface area contributed by atoms with Gasteiger partial charge >= 0.3 is 0 Å². The van der Waals surface area contributed by atoms with Crippen molar-refractivity contribution in [3.63, 3.8) is 0 Å². The fourth-order valence-corrected chi connectivity index (χ4v) is 4.04. The van der Waals surface area contributed by atoms with Gasteiger partial charge in [0.1, 0.15) is 18.2 Å². The summed E-state index contributed by atoms with van der Waals surface area (Å²) in [4.78, 5) is 26.6. The lowest BCUT2D eigenvalue weighted by atomic mass is 10.1. The fraction of sp³-hybridized carbons (Fsp3) is 0.0833. The molecule has 1 aliphatic heterocycles. The number of carbonyl (C=O) groups is 2. The Morgan fingerprint density at radius 1 is 1.00 bits per heavy atom. The van der Waals surface area contributed by atoms with Gasteiger partial charge in [0.15, 0.2) is 0 Å². The van der Waals surface area contributed by atoms with Gasteiger partial charge in [0.2, 0.25) is 0 Å². The van der Waals surface area contributed by atoms with Crippen molar-refractivity contribution < 1.29 is 18.7 Å². The Bertz CT molecular complexity index is 1180. The van der Waals surface area contributed by atoms with Gasteiger partial charge < -0.3 is 10.1 Å². The smallest absolute Gasteiger partial charge is 0.295 e. The molecule has 0 radical (unpaired) electrons. The largest absolute Gasteiger partial charge is 0.488 e. The third-order valence-electron chi connectivity index (χ3n) is 4.71. The van der Waals surface area contributed by atoms with Gasteiger partial charge in [-0.3, -0.25) is 14.5 Å². The molecule has 1 saturated heterocycles. The molecule has 1 fully saturated rings. The van der Waals surface area contributed by atoms with Gasteiger partial charge in [-0.25, -0.2) is 4.39 Å². The van der Waals surface area contributed by atoms with Gasteiger partial charge in [0.05, 0.1) is 11.6 Å². The minimum atomic E-state index is -0.407. The van der Waals surface area contributed by atoms with E-state index in [0.717, 1.165) is 22.2 Å². The highest BCUT2D eigenvalue weighted by Crippen LogP contribution is 2.34. The Hall–Kier alpha value is -3.29. The molecule has 0 aliphatic carbocycles. The normalized spacial score (nSPS) is 14.8. The van der Waals surface area contributed by atoms with E-state index in [1.807, 2.05) is 36.4 Å². The number of imide groups is 1. The number of benzene rings is 3. The molecule has 162 valence electrons. The van der Waals surface area contributed by atoms with E-state index in [9.17, 15) is 14.0 Å². The van der Waals surface area contributed by atoms with Gasteiger partial charge in [-0.15, -0.1) is 0 Å². The maximum absolute atomic E-state index is 13.0. The standard InChI is InChI=1S/C24H18ClFN2O3S/c25-20-7-3-1-6-17(20)14-31-21-8-4-2-5-16(21)13-22-23(29)28(24(30)32-22)15-27-19-11-9-18(26)10-12-19/h1-13,27H,14-15H2/b22-13+. The van der Waals surface area contributed by atoms with Crippen molar-refractivity contribution >= 4 is 46.3 Å². The quantitative estimate of drug-likeness (QED) is 0.420. The lowest BCUT2D eigenvalue weighted by molar-refractivity contribution is -0.122. The number of hydrogen-bond acceptors (Lipinski definition) is 5. The van der Waals surface area contributed by atoms with Crippen LogP contribution in [-0.2, 0) is 11.4 Å². The maximum Gasteiger partial charge on any atom is 0.295 e. The number of anilines is 1. The Balaban J connectivity index is 1.46. The predicted octanol–water partition coefficient (Wildman–Crippen LogP) is 6.16. The molecule has 0 saturated carbocycles. The lowest BCUT2D eigenvalue weighted by Gasteiger charge is -2.14. The summed E-state index contributed by atoms with van der Waals surface area (Å²) in [6.45, 7) is 0.256. The highest BCUT2D eigenvalue weighted by atomic mass is 35.5. The number of nitrogens with zero attached hydrogens (tertiary/aromatic N) is 1. The lowest BCUT2D eigenvalue weighted by Crippen LogP contribution is -2.33. The Labute approximate surface area is 193 Å². The van der Waals surface area contributed by atoms with E-state index < -0.39 is 5.91 Å². The molecule has 2 amide bonds. The molecule has 3 aromatic rings. The number of hydrogen-bond donors (Lipinski definition) is 1. The first kappa shape index (κ1) is 21.9. The summed E-state index contributed by atoms with van der Waals surface area (Å²) in [5.41, 5.74) is 2.13. The second kappa shape index (κ2) is 9.89. The van der Waals surface area contributed by atoms with Gasteiger partial charge in [0, 0.05) is 21.8 Å². The number of halogens is 2. The Morgan fingerprint density at radius 2 is 1.72 bits per heavy atom. The molecule has 5 nitrogen and oxygen atoms in total. The van der Waals surface area contributed by atoms with Crippen molar-refractivity contribution in [1.29, 1.82) is 0 Å². The minimum Gasteiger partial charge on any atom is -0.488 e. The number of nitrogens with one attached hydrogen (secondary N) is 1. The van der Waals surface area contributed by atoms with Gasteiger partial charge in [-0.05, 0) is 54.2 Å². The molecule has 0 aromatic heterocycles. The number of rotatable bonds is 7. The number of ether oxygens (including phenoxy) is 1. The molecular weight excluding hydrogens is 451 g/mol. The van der Waals surface area contributed by atoms with Crippen molar-refractivity contribution in [3.8, 4) is 5.75 Å². The second-order valence-corrected chi connectivity index (χ2v) is 8.27. The molecule has 1 heterocycles. The van der Waals surface area contributed by atoms with E-state index in [-0.39, 0.29) is 24.3 Å². The van der Waals surface area contributed by atoms with Crippen LogP contribution in [0.3, 0.4) is 0 Å². The molecule has 1 aliphatic rings. The van der Waals surface area contributed by atoms with Crippen LogP contribution in [0, 0.1) is 5.82 Å². The topological polar surface area (TPSA) is 58.6 Å². The molecular formula is C24H18ClFN2O3S. The fourth-order valence-electron chi connectivity index (χ4n) is 3.02. The van der Waals surface area contributed by atoms with Crippen LogP contribution in [0.1, 0.15) is 11.1 Å². The molecule has 8 heteroatoms. The monoisotopic (exact) mass is 468 g/mol. The summed E-state index contributed by atoms with van der Waals surface area (Å²) in [6.07, 6.45) is 1.64. The third kappa shape index (κ3) is 5.12. The molecule has 1 N–H and O–H groups in total. The van der Waals surface area contributed by atoms with Crippen LogP contribution >= 0.6 is 23.4 Å². The molecule has 0 atom stereocenters. The zero-order valence-electron chi connectivity index (χ0n) is 16.8. The zero-order chi connectivity index (χ0) is 22.5. The molecule has 4 rings (SSSR count). The van der Waals surface area contributed by atoms with E-state index >= 15 is 0 Å². The Kier molecular flexibility index (Phi) is 6.78. The Morgan fingerprint density at radius 3 is 2.50 bits per heavy atom. The third-order valence-corrected chi connectivity index (χ3v) is 5.98. The number of carbonyl (C=O) groups excluding carboxylic acids is 2. The van der Waals surface area contributed by atoms with Crippen molar-refractivity contribution in [2.45, 2.75) is 6.61 Å². The predicted molar refractivity (Wildman–Crippen MR) is 125 cm³/mol. The van der Waals surface area contributed by atoms with Gasteiger partial charge in [0.25, 0.3) is 11.1 Å². The van der Waals surface area contributed by atoms with Crippen LogP contribution in [0.25, 0.3) is 6.08 Å². The SMILES string of the molecule is O=C1S/C(=C/c2ccccc2OCc2ccccc2Cl)C(=O)N1CNc1ccc(F)cc1. The molecule has 0 unspecified atom stereocenters. The summed E-state index contributed by atoms with van der Waals surface area (Å²) in [7, 11) is 0. The number of thioether (sulfide) groups is 1. The van der Waals surface area contributed by atoms with Crippen LogP contribution in [0.2, 0.25) is 5.02 Å². The summed E-state index contributed by atoms with van der Waals surface area (Å²) in [5.74, 6) is -0.195. The van der Waals surface area contributed by atoms with Crippen molar-refractivity contribution in [2.24, 2.45) is 0 Å². The number of para-hydroxylation sites is 1. The first-order valence-corrected chi connectivity index (χ1v) is 10.9. The minimum absolute atomic E-state index is 0.0156. The maximum atomic E-state index is 13.0. The van der Waals surface area contributed by atoms with Crippen molar-refractivity contribution in [3.05, 3.63) is 99.7 Å². The van der Waals surface area contributed by atoms with Gasteiger partial charge in [-0.1, -0.05) is 48.0 Å². The van der Waals surface area contributed by atoms with Crippen molar-refractivity contribution in [1.82, 2.24) is 4.90 Å². The van der Waals surface area contributed by atoms with Crippen LogP contribution in [0.15, 0.2) is 77.7 Å². The average molecular weight is 469 g/mol. The highest BCUT2D eigenvalue weighted by Gasteiger charge is 2.35. The van der Waals surface area contributed by atoms with E-state index in [0.29, 0.717) is 26.9 Å². The van der Waals surface area contributed by atoms with Gasteiger partial charge in [-0.2, -0.15) is 0 Å². The van der Waals surface area contributed by atoms with Crippen LogP contribution in [-0.4, -0.2) is 22.7 Å². The van der Waals surface area contributed by atoms with Crippen LogP contribution in [0.5, 0.6) is 5.75 Å². The first-order chi connectivity index (χ1) is 15.5. The van der Waals surface area contributed by atoms with E-state index in [2.05, 4.69) is 5.32 Å². The zero-order valence-corrected chi connectivity index (χ0v) is 18.3. The van der Waals surface area contributed by atoms with E-state index in [1.165, 1.54) is 24.3 Å². The van der Waals surface area contributed by atoms with Crippen LogP contribution in [0.4, 0.5) is 14.9 Å². The average Bonchev–Trinajstić information content (AvgIpc) is 3.06. The molecule has 32 heavy (non-hydrogen) atoms. The summed E-state index contributed by atoms with van der Waals surface area (Å²) in [6, 6.07) is 20.3. The molecule has 0 spiro atoms. The summed E-state index contributed by atoms with van der Waals surface area (Å²) in [5, 5.41) is 3.18. The van der Waals surface area contributed by atoms with E-state index in [1.54, 1.807) is 18.2 Å². The second-order valence-electron chi connectivity index (χ2n) is 6.87. The first-order valence-electron chi connectivity index (χ1n) is 9.71.